The largest absolute Gasteiger partial charge is 0.337 e. The van der Waals surface area contributed by atoms with E-state index in [1.165, 1.54) is 0 Å². The van der Waals surface area contributed by atoms with Gasteiger partial charge in [-0.3, -0.25) is 14.6 Å². The lowest BCUT2D eigenvalue weighted by atomic mass is 10.1. The number of rotatable bonds is 4. The van der Waals surface area contributed by atoms with Crippen LogP contribution in [0.2, 0.25) is 15.1 Å². The number of halogens is 3. The van der Waals surface area contributed by atoms with E-state index in [0.717, 1.165) is 57.8 Å². The third-order valence-electron chi connectivity index (χ3n) is 5.79. The molecule has 4 nitrogen and oxygen atoms in total. The number of hydrogen-bond acceptors (Lipinski definition) is 3. The summed E-state index contributed by atoms with van der Waals surface area (Å²) in [6, 6.07) is 13.3. The van der Waals surface area contributed by atoms with Crippen LogP contribution in [0.15, 0.2) is 42.5 Å². The molecule has 0 saturated carbocycles. The van der Waals surface area contributed by atoms with Gasteiger partial charge in [0.15, 0.2) is 0 Å². The number of amides is 1. The maximum Gasteiger partial charge on any atom is 0.253 e. The van der Waals surface area contributed by atoms with Gasteiger partial charge in [-0.05, 0) is 54.4 Å². The highest BCUT2D eigenvalue weighted by Crippen LogP contribution is 2.23. The molecule has 2 aliphatic rings. The minimum absolute atomic E-state index is 0.0978. The zero-order chi connectivity index (χ0) is 20.4. The highest BCUT2D eigenvalue weighted by molar-refractivity contribution is 6.34. The Kier molecular flexibility index (Phi) is 6.67. The third kappa shape index (κ3) is 5.25. The Morgan fingerprint density at radius 3 is 2.17 bits per heavy atom. The van der Waals surface area contributed by atoms with E-state index >= 15 is 0 Å². The standard InChI is InChI=1S/C22H24Cl3N3O/c23-18-3-1-17(2-4-18)22(29)28-6-5-21(15-28)27-9-7-26(8-10-27)14-16-11-19(24)13-20(25)12-16/h1-4,11-13,21H,5-10,14-15H2/t21-/m1/s1. The van der Waals surface area contributed by atoms with Crippen molar-refractivity contribution in [1.29, 1.82) is 0 Å². The fraction of sp³-hybridized carbons (Fsp3) is 0.409. The quantitative estimate of drug-likeness (QED) is 0.674. The molecule has 1 amide bonds. The highest BCUT2D eigenvalue weighted by Gasteiger charge is 2.32. The number of piperazine rings is 1. The molecule has 0 spiro atoms. The molecule has 2 aromatic carbocycles. The van der Waals surface area contributed by atoms with Crippen LogP contribution in [-0.4, -0.2) is 65.9 Å². The van der Waals surface area contributed by atoms with Gasteiger partial charge in [0.2, 0.25) is 0 Å². The van der Waals surface area contributed by atoms with E-state index in [0.29, 0.717) is 26.7 Å². The number of nitrogens with zero attached hydrogens (tertiary/aromatic N) is 3. The Bertz CT molecular complexity index is 846. The van der Waals surface area contributed by atoms with Crippen LogP contribution in [0.25, 0.3) is 0 Å². The van der Waals surface area contributed by atoms with Crippen LogP contribution in [0.3, 0.4) is 0 Å². The Morgan fingerprint density at radius 2 is 1.52 bits per heavy atom. The molecule has 0 aromatic heterocycles. The second-order valence-corrected chi connectivity index (χ2v) is 9.10. The molecule has 0 unspecified atom stereocenters. The molecular formula is C22H24Cl3N3O. The van der Waals surface area contributed by atoms with Gasteiger partial charge in [0, 0.05) is 72.5 Å². The highest BCUT2D eigenvalue weighted by atomic mass is 35.5. The Labute approximate surface area is 186 Å². The zero-order valence-corrected chi connectivity index (χ0v) is 18.4. The molecule has 29 heavy (non-hydrogen) atoms. The van der Waals surface area contributed by atoms with Crippen molar-refractivity contribution in [1.82, 2.24) is 14.7 Å². The van der Waals surface area contributed by atoms with Gasteiger partial charge in [0.25, 0.3) is 5.91 Å². The molecule has 0 aliphatic carbocycles. The van der Waals surface area contributed by atoms with E-state index in [1.54, 1.807) is 30.3 Å². The molecule has 2 heterocycles. The van der Waals surface area contributed by atoms with E-state index in [2.05, 4.69) is 9.80 Å². The van der Waals surface area contributed by atoms with Crippen molar-refractivity contribution >= 4 is 40.7 Å². The molecule has 154 valence electrons. The van der Waals surface area contributed by atoms with Crippen LogP contribution in [0.5, 0.6) is 0 Å². The second kappa shape index (κ2) is 9.23. The normalized spacial score (nSPS) is 20.9. The lowest BCUT2D eigenvalue weighted by Crippen LogP contribution is -2.50. The van der Waals surface area contributed by atoms with Crippen LogP contribution >= 0.6 is 34.8 Å². The predicted octanol–water partition coefficient (Wildman–Crippen LogP) is 4.68. The third-order valence-corrected chi connectivity index (χ3v) is 6.48. The molecule has 0 radical (unpaired) electrons. The predicted molar refractivity (Wildman–Crippen MR) is 119 cm³/mol. The maximum atomic E-state index is 12.7. The summed E-state index contributed by atoms with van der Waals surface area (Å²) in [7, 11) is 0. The lowest BCUT2D eigenvalue weighted by molar-refractivity contribution is 0.0734. The van der Waals surface area contributed by atoms with Crippen LogP contribution in [0.4, 0.5) is 0 Å². The van der Waals surface area contributed by atoms with Crippen molar-refractivity contribution in [2.24, 2.45) is 0 Å². The number of hydrogen-bond donors (Lipinski definition) is 0. The van der Waals surface area contributed by atoms with Crippen molar-refractivity contribution < 1.29 is 4.79 Å². The maximum absolute atomic E-state index is 12.7. The smallest absolute Gasteiger partial charge is 0.253 e. The average molecular weight is 453 g/mol. The van der Waals surface area contributed by atoms with E-state index in [-0.39, 0.29) is 5.91 Å². The van der Waals surface area contributed by atoms with E-state index in [1.807, 2.05) is 17.0 Å². The van der Waals surface area contributed by atoms with Gasteiger partial charge >= 0.3 is 0 Å². The molecule has 0 N–H and O–H groups in total. The minimum atomic E-state index is 0.0978. The number of carbonyl (C=O) groups is 1. The minimum Gasteiger partial charge on any atom is -0.337 e. The van der Waals surface area contributed by atoms with E-state index in [4.69, 9.17) is 34.8 Å². The SMILES string of the molecule is O=C(c1ccc(Cl)cc1)N1CC[C@@H](N2CCN(Cc3cc(Cl)cc(Cl)c3)CC2)C1. The van der Waals surface area contributed by atoms with Crippen molar-refractivity contribution in [3.05, 3.63) is 68.7 Å². The van der Waals surface area contributed by atoms with Crippen molar-refractivity contribution in [3.63, 3.8) is 0 Å². The van der Waals surface area contributed by atoms with Gasteiger partial charge in [-0.1, -0.05) is 34.8 Å². The van der Waals surface area contributed by atoms with Crippen LogP contribution < -0.4 is 0 Å². The summed E-state index contributed by atoms with van der Waals surface area (Å²) in [6.45, 7) is 6.51. The molecule has 1 atom stereocenters. The summed E-state index contributed by atoms with van der Waals surface area (Å²) >= 11 is 18.2. The van der Waals surface area contributed by atoms with Crippen molar-refractivity contribution in [2.75, 3.05) is 39.3 Å². The van der Waals surface area contributed by atoms with Crippen molar-refractivity contribution in [2.45, 2.75) is 19.0 Å². The summed E-state index contributed by atoms with van der Waals surface area (Å²) in [5.41, 5.74) is 1.86. The summed E-state index contributed by atoms with van der Waals surface area (Å²) in [6.07, 6.45) is 1.03. The molecule has 0 bridgehead atoms. The number of likely N-dealkylation sites (tertiary alicyclic amines) is 1. The Morgan fingerprint density at radius 1 is 0.862 bits per heavy atom. The monoisotopic (exact) mass is 451 g/mol. The molecule has 2 aromatic rings. The van der Waals surface area contributed by atoms with Gasteiger partial charge in [0.1, 0.15) is 0 Å². The molecule has 4 rings (SSSR count). The summed E-state index contributed by atoms with van der Waals surface area (Å²) < 4.78 is 0. The first-order valence-electron chi connectivity index (χ1n) is 9.94. The first kappa shape index (κ1) is 21.0. The summed E-state index contributed by atoms with van der Waals surface area (Å²) in [4.78, 5) is 19.7. The summed E-state index contributed by atoms with van der Waals surface area (Å²) in [5.74, 6) is 0.0978. The fourth-order valence-electron chi connectivity index (χ4n) is 4.25. The van der Waals surface area contributed by atoms with Crippen molar-refractivity contribution in [3.8, 4) is 0 Å². The van der Waals surface area contributed by atoms with Gasteiger partial charge in [-0.2, -0.15) is 0 Å². The topological polar surface area (TPSA) is 26.8 Å². The average Bonchev–Trinajstić information content (AvgIpc) is 3.18. The first-order valence-corrected chi connectivity index (χ1v) is 11.1. The Balaban J connectivity index is 1.28. The van der Waals surface area contributed by atoms with Crippen LogP contribution in [0, 0.1) is 0 Å². The molecule has 7 heteroatoms. The first-order chi connectivity index (χ1) is 14.0. The number of carbonyl (C=O) groups excluding carboxylic acids is 1. The van der Waals surface area contributed by atoms with Crippen LogP contribution in [0.1, 0.15) is 22.3 Å². The van der Waals surface area contributed by atoms with Gasteiger partial charge < -0.3 is 4.90 Å². The van der Waals surface area contributed by atoms with E-state index < -0.39 is 0 Å². The zero-order valence-electron chi connectivity index (χ0n) is 16.2. The van der Waals surface area contributed by atoms with E-state index in [9.17, 15) is 4.79 Å². The molecule has 2 fully saturated rings. The molecule has 2 saturated heterocycles. The fourth-order valence-corrected chi connectivity index (χ4v) is 4.94. The lowest BCUT2D eigenvalue weighted by Gasteiger charge is -2.38. The number of benzene rings is 2. The molecular weight excluding hydrogens is 429 g/mol. The second-order valence-electron chi connectivity index (χ2n) is 7.79. The van der Waals surface area contributed by atoms with Gasteiger partial charge in [0.05, 0.1) is 0 Å². The Hall–Kier alpha value is -1.30. The van der Waals surface area contributed by atoms with Gasteiger partial charge in [-0.25, -0.2) is 0 Å². The summed E-state index contributed by atoms with van der Waals surface area (Å²) in [5, 5.41) is 2.02. The van der Waals surface area contributed by atoms with Gasteiger partial charge in [-0.15, -0.1) is 0 Å². The van der Waals surface area contributed by atoms with Crippen LogP contribution in [-0.2, 0) is 6.54 Å². The molecule has 2 aliphatic heterocycles.